The molecular weight excluding hydrogens is 264 g/mol. The fourth-order valence-electron chi connectivity index (χ4n) is 1.08. The summed E-state index contributed by atoms with van der Waals surface area (Å²) in [7, 11) is 0. The number of hydrogen-bond donors (Lipinski definition) is 1. The Morgan fingerprint density at radius 3 is 3.14 bits per heavy atom. The first-order chi connectivity index (χ1) is 6.74. The molecule has 0 saturated heterocycles. The fourth-order valence-corrected chi connectivity index (χ4v) is 1.93. The van der Waals surface area contributed by atoms with E-state index in [4.69, 9.17) is 0 Å². The van der Waals surface area contributed by atoms with Crippen LogP contribution in [0.3, 0.4) is 0 Å². The zero-order valence-corrected chi connectivity index (χ0v) is 10.4. The summed E-state index contributed by atoms with van der Waals surface area (Å²) in [4.78, 5) is 16.1. The van der Waals surface area contributed by atoms with Gasteiger partial charge in [0.2, 0.25) is 0 Å². The highest BCUT2D eigenvalue weighted by molar-refractivity contribution is 9.09. The molecule has 14 heavy (non-hydrogen) atoms. The molecule has 0 bridgehead atoms. The minimum absolute atomic E-state index is 0.0189. The van der Waals surface area contributed by atoms with E-state index in [-0.39, 0.29) is 11.9 Å². The summed E-state index contributed by atoms with van der Waals surface area (Å²) >= 11 is 4.73. The van der Waals surface area contributed by atoms with Crippen LogP contribution in [-0.2, 0) is 0 Å². The standard InChI is InChI=1S/C9H13BrN2OS/c1-7(3-2-4-10)12-9(13)8-5-11-6-14-8/h5-7H,2-4H2,1H3,(H,12,13). The van der Waals surface area contributed by atoms with E-state index in [1.54, 1.807) is 11.7 Å². The lowest BCUT2D eigenvalue weighted by Gasteiger charge is -2.11. The molecule has 1 aromatic heterocycles. The fraction of sp³-hybridized carbons (Fsp3) is 0.556. The highest BCUT2D eigenvalue weighted by atomic mass is 79.9. The van der Waals surface area contributed by atoms with Crippen molar-refractivity contribution in [2.75, 3.05) is 5.33 Å². The van der Waals surface area contributed by atoms with Gasteiger partial charge in [-0.05, 0) is 19.8 Å². The van der Waals surface area contributed by atoms with E-state index in [0.29, 0.717) is 4.88 Å². The maximum Gasteiger partial charge on any atom is 0.263 e. The number of nitrogens with one attached hydrogen (secondary N) is 1. The SMILES string of the molecule is CC(CCCBr)NC(=O)c1cncs1. The molecule has 1 rings (SSSR count). The summed E-state index contributed by atoms with van der Waals surface area (Å²) in [6, 6.07) is 0.224. The molecule has 1 amide bonds. The Kier molecular flexibility index (Phi) is 5.11. The molecule has 0 radical (unpaired) electrons. The van der Waals surface area contributed by atoms with Crippen molar-refractivity contribution in [1.29, 1.82) is 0 Å². The molecule has 1 aromatic rings. The van der Waals surface area contributed by atoms with Crippen LogP contribution in [0.4, 0.5) is 0 Å². The van der Waals surface area contributed by atoms with Gasteiger partial charge >= 0.3 is 0 Å². The molecule has 1 heterocycles. The second-order valence-electron chi connectivity index (χ2n) is 3.07. The molecule has 0 saturated carbocycles. The Balaban J connectivity index is 2.34. The minimum atomic E-state index is -0.0189. The molecule has 78 valence electrons. The van der Waals surface area contributed by atoms with Gasteiger partial charge in [0.05, 0.1) is 11.7 Å². The Labute approximate surface area is 96.1 Å². The summed E-state index contributed by atoms with van der Waals surface area (Å²) in [5, 5.41) is 3.91. The van der Waals surface area contributed by atoms with Crippen molar-refractivity contribution >= 4 is 33.2 Å². The minimum Gasteiger partial charge on any atom is -0.349 e. The second-order valence-corrected chi connectivity index (χ2v) is 4.75. The smallest absolute Gasteiger partial charge is 0.263 e. The number of amides is 1. The van der Waals surface area contributed by atoms with Crippen LogP contribution in [-0.4, -0.2) is 22.3 Å². The van der Waals surface area contributed by atoms with Gasteiger partial charge in [0.1, 0.15) is 4.88 Å². The first-order valence-electron chi connectivity index (χ1n) is 4.49. The van der Waals surface area contributed by atoms with Crippen molar-refractivity contribution in [2.45, 2.75) is 25.8 Å². The van der Waals surface area contributed by atoms with E-state index >= 15 is 0 Å². The van der Waals surface area contributed by atoms with Crippen LogP contribution in [0.1, 0.15) is 29.4 Å². The maximum absolute atomic E-state index is 11.5. The third-order valence-electron chi connectivity index (χ3n) is 1.80. The number of carbonyl (C=O) groups excluding carboxylic acids is 1. The molecule has 1 atom stereocenters. The monoisotopic (exact) mass is 276 g/mol. The van der Waals surface area contributed by atoms with Crippen LogP contribution in [0.25, 0.3) is 0 Å². The van der Waals surface area contributed by atoms with Crippen molar-refractivity contribution in [2.24, 2.45) is 0 Å². The van der Waals surface area contributed by atoms with Crippen molar-refractivity contribution in [1.82, 2.24) is 10.3 Å². The third kappa shape index (κ3) is 3.75. The average Bonchev–Trinajstić information content (AvgIpc) is 2.67. The second kappa shape index (κ2) is 6.14. The summed E-state index contributed by atoms with van der Waals surface area (Å²) < 4.78 is 0. The van der Waals surface area contributed by atoms with E-state index in [9.17, 15) is 4.79 Å². The Morgan fingerprint density at radius 1 is 1.79 bits per heavy atom. The Bertz CT molecular complexity index is 276. The predicted molar refractivity (Wildman–Crippen MR) is 62.1 cm³/mol. The topological polar surface area (TPSA) is 42.0 Å². The molecule has 1 N–H and O–H groups in total. The molecule has 1 unspecified atom stereocenters. The predicted octanol–water partition coefficient (Wildman–Crippen LogP) is 2.44. The highest BCUT2D eigenvalue weighted by Crippen LogP contribution is 2.06. The molecule has 0 aromatic carbocycles. The average molecular weight is 277 g/mol. The summed E-state index contributed by atoms with van der Waals surface area (Å²) in [5.41, 5.74) is 1.66. The Hall–Kier alpha value is -0.420. The molecule has 3 nitrogen and oxygen atoms in total. The Morgan fingerprint density at radius 2 is 2.57 bits per heavy atom. The van der Waals surface area contributed by atoms with Crippen LogP contribution < -0.4 is 5.32 Å². The van der Waals surface area contributed by atoms with E-state index in [2.05, 4.69) is 26.2 Å². The number of hydrogen-bond acceptors (Lipinski definition) is 3. The van der Waals surface area contributed by atoms with Gasteiger partial charge in [0.25, 0.3) is 5.91 Å². The number of alkyl halides is 1. The number of rotatable bonds is 5. The maximum atomic E-state index is 11.5. The summed E-state index contributed by atoms with van der Waals surface area (Å²) in [6.07, 6.45) is 3.66. The van der Waals surface area contributed by atoms with Gasteiger partial charge in [-0.3, -0.25) is 9.78 Å². The van der Waals surface area contributed by atoms with Gasteiger partial charge < -0.3 is 5.32 Å². The molecule has 0 aliphatic rings. The number of halogens is 1. The van der Waals surface area contributed by atoms with Gasteiger partial charge in [-0.2, -0.15) is 0 Å². The molecule has 0 fully saturated rings. The lowest BCUT2D eigenvalue weighted by Crippen LogP contribution is -2.31. The first-order valence-corrected chi connectivity index (χ1v) is 6.49. The summed E-state index contributed by atoms with van der Waals surface area (Å²) in [5.74, 6) is -0.0189. The third-order valence-corrected chi connectivity index (χ3v) is 3.14. The molecular formula is C9H13BrN2OS. The van der Waals surface area contributed by atoms with Crippen molar-refractivity contribution < 1.29 is 4.79 Å². The van der Waals surface area contributed by atoms with Gasteiger partial charge in [-0.15, -0.1) is 11.3 Å². The quantitative estimate of drug-likeness (QED) is 0.840. The number of thiazole rings is 1. The van der Waals surface area contributed by atoms with E-state index in [1.165, 1.54) is 11.3 Å². The number of carbonyl (C=O) groups is 1. The zero-order chi connectivity index (χ0) is 10.4. The van der Waals surface area contributed by atoms with E-state index in [1.807, 2.05) is 6.92 Å². The lowest BCUT2D eigenvalue weighted by molar-refractivity contribution is 0.0942. The van der Waals surface area contributed by atoms with Gasteiger partial charge in [0, 0.05) is 11.4 Å². The normalized spacial score (nSPS) is 12.4. The van der Waals surface area contributed by atoms with Crippen LogP contribution in [0, 0.1) is 0 Å². The summed E-state index contributed by atoms with van der Waals surface area (Å²) in [6.45, 7) is 2.02. The molecule has 0 aliphatic heterocycles. The largest absolute Gasteiger partial charge is 0.349 e. The van der Waals surface area contributed by atoms with Crippen molar-refractivity contribution in [3.05, 3.63) is 16.6 Å². The van der Waals surface area contributed by atoms with Crippen LogP contribution >= 0.6 is 27.3 Å². The number of aromatic nitrogens is 1. The molecule has 5 heteroatoms. The lowest BCUT2D eigenvalue weighted by atomic mass is 10.2. The van der Waals surface area contributed by atoms with Crippen LogP contribution in [0.5, 0.6) is 0 Å². The first kappa shape index (κ1) is 11.7. The van der Waals surface area contributed by atoms with Crippen molar-refractivity contribution in [3.8, 4) is 0 Å². The van der Waals surface area contributed by atoms with Crippen LogP contribution in [0.15, 0.2) is 11.7 Å². The van der Waals surface area contributed by atoms with Crippen LogP contribution in [0.2, 0.25) is 0 Å². The van der Waals surface area contributed by atoms with Gasteiger partial charge in [-0.25, -0.2) is 0 Å². The van der Waals surface area contributed by atoms with Gasteiger partial charge in [-0.1, -0.05) is 15.9 Å². The van der Waals surface area contributed by atoms with Gasteiger partial charge in [0.15, 0.2) is 0 Å². The van der Waals surface area contributed by atoms with E-state index in [0.717, 1.165) is 18.2 Å². The van der Waals surface area contributed by atoms with Crippen molar-refractivity contribution in [3.63, 3.8) is 0 Å². The highest BCUT2D eigenvalue weighted by Gasteiger charge is 2.10. The molecule has 0 aliphatic carbocycles. The zero-order valence-electron chi connectivity index (χ0n) is 8.00. The number of nitrogens with zero attached hydrogens (tertiary/aromatic N) is 1. The molecule has 0 spiro atoms. The van der Waals surface area contributed by atoms with E-state index < -0.39 is 0 Å².